The van der Waals surface area contributed by atoms with Crippen molar-refractivity contribution >= 4 is 5.91 Å². The molecule has 2 unspecified atom stereocenters. The first-order chi connectivity index (χ1) is 9.15. The third kappa shape index (κ3) is 2.92. The molecule has 100 valence electrons. The van der Waals surface area contributed by atoms with E-state index in [1.165, 1.54) is 0 Å². The zero-order valence-electron chi connectivity index (χ0n) is 10.7. The van der Waals surface area contributed by atoms with Crippen molar-refractivity contribution in [2.45, 2.75) is 19.1 Å². The lowest BCUT2D eigenvalue weighted by molar-refractivity contribution is -0.0667. The van der Waals surface area contributed by atoms with Gasteiger partial charge in [0.2, 0.25) is 0 Å². The van der Waals surface area contributed by atoms with E-state index in [0.29, 0.717) is 24.3 Å². The van der Waals surface area contributed by atoms with E-state index in [9.17, 15) is 4.79 Å². The fraction of sp³-hybridized carbons (Fsp3) is 0.429. The van der Waals surface area contributed by atoms with Gasteiger partial charge in [-0.1, -0.05) is 0 Å². The van der Waals surface area contributed by atoms with Crippen molar-refractivity contribution in [3.8, 4) is 6.07 Å². The quantitative estimate of drug-likeness (QED) is 0.852. The van der Waals surface area contributed by atoms with Crippen molar-refractivity contribution in [3.63, 3.8) is 0 Å². The van der Waals surface area contributed by atoms with Gasteiger partial charge < -0.3 is 14.7 Å². The molecule has 19 heavy (non-hydrogen) atoms. The molecule has 2 rings (SSSR count). The second kappa shape index (κ2) is 5.83. The Bertz CT molecular complexity index is 492. The van der Waals surface area contributed by atoms with Crippen molar-refractivity contribution in [2.75, 3.05) is 19.8 Å². The molecule has 5 heteroatoms. The first-order valence-corrected chi connectivity index (χ1v) is 6.19. The Morgan fingerprint density at radius 2 is 2.21 bits per heavy atom. The number of aliphatic hydroxyl groups is 1. The van der Waals surface area contributed by atoms with Crippen LogP contribution in [0.2, 0.25) is 0 Å². The van der Waals surface area contributed by atoms with Crippen LogP contribution in [0.4, 0.5) is 0 Å². The predicted molar refractivity (Wildman–Crippen MR) is 68.5 cm³/mol. The summed E-state index contributed by atoms with van der Waals surface area (Å²) in [6.07, 6.45) is -0.321. The number of amides is 1. The average Bonchev–Trinajstić information content (AvgIpc) is 2.47. The highest BCUT2D eigenvalue weighted by Crippen LogP contribution is 2.16. The first-order valence-electron chi connectivity index (χ1n) is 6.19. The summed E-state index contributed by atoms with van der Waals surface area (Å²) in [4.78, 5) is 14.1. The van der Waals surface area contributed by atoms with E-state index in [1.807, 2.05) is 13.0 Å². The molecule has 0 bridgehead atoms. The molecular formula is C14H16N2O3. The number of rotatable bonds is 2. The molecule has 5 nitrogen and oxygen atoms in total. The molecule has 2 atom stereocenters. The second-order valence-corrected chi connectivity index (χ2v) is 4.63. The number of morpholine rings is 1. The predicted octanol–water partition coefficient (Wildman–Crippen LogP) is 0.780. The topological polar surface area (TPSA) is 73.6 Å². The SMILES string of the molecule is CC1COC(CO)CN1C(=O)c1ccc(C#N)cc1. The monoisotopic (exact) mass is 260 g/mol. The lowest BCUT2D eigenvalue weighted by atomic mass is 10.1. The molecule has 1 aliphatic heterocycles. The maximum Gasteiger partial charge on any atom is 0.254 e. The lowest BCUT2D eigenvalue weighted by Gasteiger charge is -2.37. The normalized spacial score (nSPS) is 22.9. The zero-order chi connectivity index (χ0) is 13.8. The van der Waals surface area contributed by atoms with Gasteiger partial charge in [0, 0.05) is 12.1 Å². The minimum absolute atomic E-state index is 0.0223. The summed E-state index contributed by atoms with van der Waals surface area (Å²) in [5.41, 5.74) is 1.07. The van der Waals surface area contributed by atoms with E-state index in [-0.39, 0.29) is 24.7 Å². The molecule has 0 aromatic heterocycles. The van der Waals surface area contributed by atoms with E-state index < -0.39 is 0 Å². The number of nitriles is 1. The Hall–Kier alpha value is -1.90. The van der Waals surface area contributed by atoms with Crippen molar-refractivity contribution in [2.24, 2.45) is 0 Å². The highest BCUT2D eigenvalue weighted by molar-refractivity contribution is 5.94. The third-order valence-corrected chi connectivity index (χ3v) is 3.23. The van der Waals surface area contributed by atoms with Crippen molar-refractivity contribution in [1.82, 2.24) is 4.90 Å². The first kappa shape index (κ1) is 13.5. The summed E-state index contributed by atoms with van der Waals surface area (Å²) in [5.74, 6) is -0.0984. The van der Waals surface area contributed by atoms with Crippen LogP contribution in [0.15, 0.2) is 24.3 Å². The standard InChI is InChI=1S/C14H16N2O3/c1-10-9-19-13(8-17)7-16(10)14(18)12-4-2-11(6-15)3-5-12/h2-5,10,13,17H,7-9H2,1H3. The van der Waals surface area contributed by atoms with Gasteiger partial charge in [-0.2, -0.15) is 5.26 Å². The molecule has 0 aliphatic carbocycles. The van der Waals surface area contributed by atoms with Crippen LogP contribution in [-0.4, -0.2) is 47.8 Å². The zero-order valence-corrected chi connectivity index (χ0v) is 10.7. The molecule has 1 heterocycles. The number of benzene rings is 1. The van der Waals surface area contributed by atoms with Crippen molar-refractivity contribution in [3.05, 3.63) is 35.4 Å². The Balaban J connectivity index is 2.15. The van der Waals surface area contributed by atoms with Crippen molar-refractivity contribution in [1.29, 1.82) is 5.26 Å². The number of hydrogen-bond acceptors (Lipinski definition) is 4. The number of hydrogen-bond donors (Lipinski definition) is 1. The van der Waals surface area contributed by atoms with Crippen LogP contribution in [0.5, 0.6) is 0 Å². The molecule has 1 aromatic carbocycles. The summed E-state index contributed by atoms with van der Waals surface area (Å²) in [5, 5.41) is 17.9. The van der Waals surface area contributed by atoms with Crippen LogP contribution in [0, 0.1) is 11.3 Å². The maximum atomic E-state index is 12.4. The summed E-state index contributed by atoms with van der Waals surface area (Å²) >= 11 is 0. The average molecular weight is 260 g/mol. The van der Waals surface area contributed by atoms with Gasteiger partial charge in [-0.05, 0) is 31.2 Å². The van der Waals surface area contributed by atoms with Gasteiger partial charge in [-0.15, -0.1) is 0 Å². The van der Waals surface area contributed by atoms with Gasteiger partial charge in [0.1, 0.15) is 0 Å². The maximum absolute atomic E-state index is 12.4. The van der Waals surface area contributed by atoms with E-state index in [1.54, 1.807) is 29.2 Å². The Morgan fingerprint density at radius 1 is 1.53 bits per heavy atom. The molecule has 0 spiro atoms. The smallest absolute Gasteiger partial charge is 0.254 e. The molecule has 1 saturated heterocycles. The minimum Gasteiger partial charge on any atom is -0.394 e. The highest BCUT2D eigenvalue weighted by Gasteiger charge is 2.29. The van der Waals surface area contributed by atoms with Crippen LogP contribution in [0.25, 0.3) is 0 Å². The van der Waals surface area contributed by atoms with E-state index >= 15 is 0 Å². The number of ether oxygens (including phenoxy) is 1. The van der Waals surface area contributed by atoms with Crippen molar-refractivity contribution < 1.29 is 14.6 Å². The van der Waals surface area contributed by atoms with E-state index in [4.69, 9.17) is 15.1 Å². The Kier molecular flexibility index (Phi) is 4.15. The van der Waals surface area contributed by atoms with Gasteiger partial charge in [-0.3, -0.25) is 4.79 Å². The molecule has 1 aromatic rings. The van der Waals surface area contributed by atoms with Gasteiger partial charge >= 0.3 is 0 Å². The number of carbonyl (C=O) groups is 1. The van der Waals surface area contributed by atoms with Crippen LogP contribution in [0.3, 0.4) is 0 Å². The number of nitrogens with zero attached hydrogens (tertiary/aromatic N) is 2. The molecular weight excluding hydrogens is 244 g/mol. The summed E-state index contributed by atoms with van der Waals surface area (Å²) in [6, 6.07) is 8.55. The van der Waals surface area contributed by atoms with E-state index in [2.05, 4.69) is 0 Å². The molecule has 0 saturated carbocycles. The van der Waals surface area contributed by atoms with Crippen LogP contribution < -0.4 is 0 Å². The van der Waals surface area contributed by atoms with E-state index in [0.717, 1.165) is 0 Å². The lowest BCUT2D eigenvalue weighted by Crippen LogP contribution is -2.52. The second-order valence-electron chi connectivity index (χ2n) is 4.63. The number of aliphatic hydroxyl groups excluding tert-OH is 1. The summed E-state index contributed by atoms with van der Waals surface area (Å²) in [7, 11) is 0. The van der Waals surface area contributed by atoms with Gasteiger partial charge in [0.15, 0.2) is 0 Å². The molecule has 1 fully saturated rings. The Labute approximate surface area is 112 Å². The summed E-state index contributed by atoms with van der Waals surface area (Å²) < 4.78 is 5.41. The van der Waals surface area contributed by atoms with Gasteiger partial charge in [0.25, 0.3) is 5.91 Å². The number of carbonyl (C=O) groups excluding carboxylic acids is 1. The minimum atomic E-state index is -0.321. The van der Waals surface area contributed by atoms with Crippen LogP contribution in [0.1, 0.15) is 22.8 Å². The molecule has 1 amide bonds. The third-order valence-electron chi connectivity index (χ3n) is 3.23. The largest absolute Gasteiger partial charge is 0.394 e. The molecule has 0 radical (unpaired) electrons. The molecule has 1 aliphatic rings. The highest BCUT2D eigenvalue weighted by atomic mass is 16.5. The van der Waals surface area contributed by atoms with Gasteiger partial charge in [0.05, 0.1) is 37.0 Å². The summed E-state index contributed by atoms with van der Waals surface area (Å²) in [6.45, 7) is 2.63. The van der Waals surface area contributed by atoms with Crippen LogP contribution >= 0.6 is 0 Å². The fourth-order valence-corrected chi connectivity index (χ4v) is 2.06. The molecule has 1 N–H and O–H groups in total. The Morgan fingerprint density at radius 3 is 2.79 bits per heavy atom. The van der Waals surface area contributed by atoms with Crippen LogP contribution in [-0.2, 0) is 4.74 Å². The van der Waals surface area contributed by atoms with Gasteiger partial charge in [-0.25, -0.2) is 0 Å². The fourth-order valence-electron chi connectivity index (χ4n) is 2.06.